The van der Waals surface area contributed by atoms with E-state index < -0.39 is 0 Å². The van der Waals surface area contributed by atoms with E-state index in [4.69, 9.17) is 0 Å². The molecule has 0 saturated heterocycles. The van der Waals surface area contributed by atoms with Gasteiger partial charge in [-0.25, -0.2) is 0 Å². The van der Waals surface area contributed by atoms with Crippen molar-refractivity contribution in [2.75, 3.05) is 13.1 Å². The maximum Gasteiger partial charge on any atom is 0.0524 e. The maximum absolute atomic E-state index is 4.42. The zero-order valence-corrected chi connectivity index (χ0v) is 11.2. The molecule has 17 heavy (non-hydrogen) atoms. The molecule has 3 nitrogen and oxygen atoms in total. The van der Waals surface area contributed by atoms with Gasteiger partial charge in [0.1, 0.15) is 0 Å². The van der Waals surface area contributed by atoms with Gasteiger partial charge >= 0.3 is 0 Å². The van der Waals surface area contributed by atoms with Gasteiger partial charge in [-0.15, -0.1) is 0 Å². The molecule has 0 aliphatic heterocycles. The summed E-state index contributed by atoms with van der Waals surface area (Å²) < 4.78 is 2.05. The summed E-state index contributed by atoms with van der Waals surface area (Å²) in [4.78, 5) is 0. The number of hydrogen-bond donors (Lipinski definition) is 1. The van der Waals surface area contributed by atoms with Crippen molar-refractivity contribution in [3.05, 3.63) is 18.0 Å². The van der Waals surface area contributed by atoms with Crippen LogP contribution in [0.5, 0.6) is 0 Å². The SMILES string of the molecule is CCNCC1CCCCC1c1cnn(CC)c1. The molecule has 2 unspecified atom stereocenters. The Morgan fingerprint density at radius 1 is 1.35 bits per heavy atom. The Bertz CT molecular complexity index is 332. The molecule has 0 aromatic carbocycles. The highest BCUT2D eigenvalue weighted by molar-refractivity contribution is 5.14. The minimum atomic E-state index is 0.725. The van der Waals surface area contributed by atoms with E-state index >= 15 is 0 Å². The zero-order valence-electron chi connectivity index (χ0n) is 11.2. The molecule has 1 aromatic heterocycles. The van der Waals surface area contributed by atoms with E-state index in [-0.39, 0.29) is 0 Å². The number of aryl methyl sites for hydroxylation is 1. The average molecular weight is 235 g/mol. The van der Waals surface area contributed by atoms with Gasteiger partial charge in [0.05, 0.1) is 6.20 Å². The summed E-state index contributed by atoms with van der Waals surface area (Å²) in [7, 11) is 0. The Morgan fingerprint density at radius 3 is 2.88 bits per heavy atom. The average Bonchev–Trinajstić information content (AvgIpc) is 2.85. The summed E-state index contributed by atoms with van der Waals surface area (Å²) in [6.45, 7) is 7.56. The molecule has 2 atom stereocenters. The Labute approximate surface area is 105 Å². The molecule has 1 fully saturated rings. The van der Waals surface area contributed by atoms with E-state index in [9.17, 15) is 0 Å². The fourth-order valence-corrected chi connectivity index (χ4v) is 2.96. The highest BCUT2D eigenvalue weighted by Crippen LogP contribution is 2.37. The second-order valence-electron chi connectivity index (χ2n) is 5.09. The first-order valence-corrected chi connectivity index (χ1v) is 7.08. The Kier molecular flexibility index (Phi) is 4.60. The van der Waals surface area contributed by atoms with E-state index in [0.717, 1.165) is 24.9 Å². The van der Waals surface area contributed by atoms with Gasteiger partial charge in [-0.2, -0.15) is 5.10 Å². The van der Waals surface area contributed by atoms with Gasteiger partial charge in [0.25, 0.3) is 0 Å². The quantitative estimate of drug-likeness (QED) is 0.850. The lowest BCUT2D eigenvalue weighted by Crippen LogP contribution is -2.29. The summed E-state index contributed by atoms with van der Waals surface area (Å²) >= 11 is 0. The Balaban J connectivity index is 2.04. The molecule has 1 heterocycles. The first kappa shape index (κ1) is 12.6. The van der Waals surface area contributed by atoms with Crippen molar-refractivity contribution in [2.45, 2.75) is 52.0 Å². The highest BCUT2D eigenvalue weighted by Gasteiger charge is 2.26. The third-order valence-electron chi connectivity index (χ3n) is 3.97. The van der Waals surface area contributed by atoms with Crippen LogP contribution in [0.3, 0.4) is 0 Å². The zero-order chi connectivity index (χ0) is 12.1. The molecule has 0 spiro atoms. The summed E-state index contributed by atoms with van der Waals surface area (Å²) in [5.74, 6) is 1.53. The largest absolute Gasteiger partial charge is 0.317 e. The van der Waals surface area contributed by atoms with Gasteiger partial charge in [0.15, 0.2) is 0 Å². The van der Waals surface area contributed by atoms with Crippen LogP contribution in [0.15, 0.2) is 12.4 Å². The van der Waals surface area contributed by atoms with Crippen molar-refractivity contribution >= 4 is 0 Å². The van der Waals surface area contributed by atoms with Crippen LogP contribution in [0.2, 0.25) is 0 Å². The van der Waals surface area contributed by atoms with Crippen LogP contribution in [0.25, 0.3) is 0 Å². The molecule has 1 aromatic rings. The number of aromatic nitrogens is 2. The fourth-order valence-electron chi connectivity index (χ4n) is 2.96. The van der Waals surface area contributed by atoms with E-state index in [1.54, 1.807) is 0 Å². The Morgan fingerprint density at radius 2 is 2.18 bits per heavy atom. The lowest BCUT2D eigenvalue weighted by Gasteiger charge is -2.31. The van der Waals surface area contributed by atoms with Gasteiger partial charge in [-0.1, -0.05) is 19.8 Å². The van der Waals surface area contributed by atoms with E-state index in [2.05, 4.69) is 36.7 Å². The number of nitrogens with one attached hydrogen (secondary N) is 1. The standard InChI is InChI=1S/C14H25N3/c1-3-15-9-12-7-5-6-8-14(12)13-10-16-17(4-2)11-13/h10-12,14-15H,3-9H2,1-2H3. The molecule has 1 N–H and O–H groups in total. The summed E-state index contributed by atoms with van der Waals surface area (Å²) in [5, 5.41) is 7.93. The molecule has 1 aliphatic rings. The van der Waals surface area contributed by atoms with Crippen molar-refractivity contribution in [3.8, 4) is 0 Å². The van der Waals surface area contributed by atoms with E-state index in [1.165, 1.54) is 37.8 Å². The Hall–Kier alpha value is -0.830. The molecule has 96 valence electrons. The van der Waals surface area contributed by atoms with Crippen LogP contribution in [0.1, 0.15) is 51.0 Å². The minimum absolute atomic E-state index is 0.725. The van der Waals surface area contributed by atoms with Crippen LogP contribution < -0.4 is 5.32 Å². The van der Waals surface area contributed by atoms with Crippen molar-refractivity contribution < 1.29 is 0 Å². The van der Waals surface area contributed by atoms with Crippen molar-refractivity contribution in [1.82, 2.24) is 15.1 Å². The fraction of sp³-hybridized carbons (Fsp3) is 0.786. The van der Waals surface area contributed by atoms with Crippen LogP contribution in [-0.4, -0.2) is 22.9 Å². The van der Waals surface area contributed by atoms with Crippen LogP contribution in [0, 0.1) is 5.92 Å². The monoisotopic (exact) mass is 235 g/mol. The second-order valence-corrected chi connectivity index (χ2v) is 5.09. The smallest absolute Gasteiger partial charge is 0.0524 e. The molecule has 0 bridgehead atoms. The van der Waals surface area contributed by atoms with Gasteiger partial charge in [-0.05, 0) is 50.3 Å². The first-order valence-electron chi connectivity index (χ1n) is 7.08. The van der Waals surface area contributed by atoms with Gasteiger partial charge in [0, 0.05) is 12.7 Å². The van der Waals surface area contributed by atoms with Crippen molar-refractivity contribution in [3.63, 3.8) is 0 Å². The lowest BCUT2D eigenvalue weighted by atomic mass is 9.76. The van der Waals surface area contributed by atoms with Gasteiger partial charge in [-0.3, -0.25) is 4.68 Å². The van der Waals surface area contributed by atoms with Gasteiger partial charge in [0.2, 0.25) is 0 Å². The maximum atomic E-state index is 4.42. The third-order valence-corrected chi connectivity index (χ3v) is 3.97. The molecule has 1 aliphatic carbocycles. The van der Waals surface area contributed by atoms with Gasteiger partial charge < -0.3 is 5.32 Å². The van der Waals surface area contributed by atoms with Crippen LogP contribution >= 0.6 is 0 Å². The highest BCUT2D eigenvalue weighted by atomic mass is 15.3. The summed E-state index contributed by atoms with van der Waals surface area (Å²) in [5.41, 5.74) is 1.45. The molecule has 2 rings (SSSR count). The van der Waals surface area contributed by atoms with Crippen LogP contribution in [-0.2, 0) is 6.54 Å². The topological polar surface area (TPSA) is 29.9 Å². The van der Waals surface area contributed by atoms with Crippen molar-refractivity contribution in [1.29, 1.82) is 0 Å². The predicted octanol–water partition coefficient (Wildman–Crippen LogP) is 2.79. The predicted molar refractivity (Wildman–Crippen MR) is 71.1 cm³/mol. The number of nitrogens with zero attached hydrogens (tertiary/aromatic N) is 2. The molecular formula is C14H25N3. The van der Waals surface area contributed by atoms with E-state index in [1.807, 2.05) is 4.68 Å². The van der Waals surface area contributed by atoms with Crippen molar-refractivity contribution in [2.24, 2.45) is 5.92 Å². The third kappa shape index (κ3) is 3.09. The summed E-state index contributed by atoms with van der Waals surface area (Å²) in [6, 6.07) is 0. The molecular weight excluding hydrogens is 210 g/mol. The molecule has 0 amide bonds. The normalized spacial score (nSPS) is 25.1. The number of rotatable bonds is 5. The molecule has 0 radical (unpaired) electrons. The lowest BCUT2D eigenvalue weighted by molar-refractivity contribution is 0.297. The molecule has 3 heteroatoms. The summed E-state index contributed by atoms with van der Waals surface area (Å²) in [6.07, 6.45) is 9.81. The second kappa shape index (κ2) is 6.20. The van der Waals surface area contributed by atoms with E-state index in [0.29, 0.717) is 0 Å². The first-order chi connectivity index (χ1) is 8.35. The number of hydrogen-bond acceptors (Lipinski definition) is 2. The molecule has 1 saturated carbocycles. The van der Waals surface area contributed by atoms with Crippen LogP contribution in [0.4, 0.5) is 0 Å². The minimum Gasteiger partial charge on any atom is -0.317 e.